The van der Waals surface area contributed by atoms with Crippen LogP contribution in [-0.2, 0) is 6.54 Å². The first-order chi connectivity index (χ1) is 10.6. The predicted octanol–water partition coefficient (Wildman–Crippen LogP) is 2.84. The van der Waals surface area contributed by atoms with E-state index in [9.17, 15) is 4.79 Å². The number of pyridine rings is 1. The lowest BCUT2D eigenvalue weighted by Crippen LogP contribution is -2.30. The van der Waals surface area contributed by atoms with Gasteiger partial charge in [0.25, 0.3) is 5.91 Å². The smallest absolute Gasteiger partial charge is 0.270 e. The Morgan fingerprint density at radius 1 is 1.23 bits per heavy atom. The number of nitrogens with one attached hydrogen (secondary N) is 2. The molecule has 2 rings (SSSR count). The molecular weight excluding hydrogens is 278 g/mol. The largest absolute Gasteiger partial charge is 0.497 e. The minimum Gasteiger partial charge on any atom is -0.497 e. The predicted molar refractivity (Wildman–Crippen MR) is 87.2 cm³/mol. The summed E-state index contributed by atoms with van der Waals surface area (Å²) in [5, 5.41) is 6.12. The Labute approximate surface area is 130 Å². The fraction of sp³-hybridized carbons (Fsp3) is 0.294. The average Bonchev–Trinajstić information content (AvgIpc) is 2.53. The highest BCUT2D eigenvalue weighted by Crippen LogP contribution is 2.14. The Hall–Kier alpha value is -2.56. The lowest BCUT2D eigenvalue weighted by Gasteiger charge is -2.10. The Morgan fingerprint density at radius 3 is 2.59 bits per heavy atom. The summed E-state index contributed by atoms with van der Waals surface area (Å²) in [5.41, 5.74) is 2.40. The zero-order valence-electron chi connectivity index (χ0n) is 13.1. The van der Waals surface area contributed by atoms with Gasteiger partial charge in [-0.05, 0) is 43.7 Å². The van der Waals surface area contributed by atoms with E-state index in [1.165, 1.54) is 0 Å². The second-order valence-corrected chi connectivity index (χ2v) is 5.26. The summed E-state index contributed by atoms with van der Waals surface area (Å²) in [7, 11) is 1.65. The Bertz CT molecular complexity index is 624. The number of hydrogen-bond donors (Lipinski definition) is 2. The SMILES string of the molecule is COc1ccc(CNc2ccnc(C(=O)NC(C)C)c2)cc1. The molecule has 0 saturated carbocycles. The first-order valence-corrected chi connectivity index (χ1v) is 7.22. The zero-order chi connectivity index (χ0) is 15.9. The first-order valence-electron chi connectivity index (χ1n) is 7.22. The van der Waals surface area contributed by atoms with E-state index in [-0.39, 0.29) is 11.9 Å². The van der Waals surface area contributed by atoms with Gasteiger partial charge in [0.15, 0.2) is 0 Å². The number of anilines is 1. The molecule has 2 aromatic rings. The van der Waals surface area contributed by atoms with Crippen molar-refractivity contribution in [3.63, 3.8) is 0 Å². The number of nitrogens with zero attached hydrogens (tertiary/aromatic N) is 1. The van der Waals surface area contributed by atoms with Gasteiger partial charge < -0.3 is 15.4 Å². The number of amides is 1. The van der Waals surface area contributed by atoms with Crippen LogP contribution in [-0.4, -0.2) is 24.0 Å². The van der Waals surface area contributed by atoms with Crippen LogP contribution < -0.4 is 15.4 Å². The number of carbonyl (C=O) groups excluding carboxylic acids is 1. The molecule has 0 radical (unpaired) electrons. The van der Waals surface area contributed by atoms with Crippen LogP contribution in [0.3, 0.4) is 0 Å². The molecule has 0 unspecified atom stereocenters. The van der Waals surface area contributed by atoms with Gasteiger partial charge in [-0.2, -0.15) is 0 Å². The minimum absolute atomic E-state index is 0.0882. The normalized spacial score (nSPS) is 10.4. The van der Waals surface area contributed by atoms with Crippen LogP contribution in [0.4, 0.5) is 5.69 Å². The maximum absolute atomic E-state index is 11.9. The van der Waals surface area contributed by atoms with Gasteiger partial charge in [-0.25, -0.2) is 0 Å². The van der Waals surface area contributed by atoms with Crippen molar-refractivity contribution in [2.75, 3.05) is 12.4 Å². The fourth-order valence-electron chi connectivity index (χ4n) is 1.95. The third-order valence-corrected chi connectivity index (χ3v) is 3.07. The maximum Gasteiger partial charge on any atom is 0.270 e. The van der Waals surface area contributed by atoms with Crippen LogP contribution in [0, 0.1) is 0 Å². The molecule has 0 fully saturated rings. The summed E-state index contributed by atoms with van der Waals surface area (Å²) in [6.45, 7) is 4.51. The third kappa shape index (κ3) is 4.48. The van der Waals surface area contributed by atoms with Crippen molar-refractivity contribution >= 4 is 11.6 Å². The van der Waals surface area contributed by atoms with E-state index in [4.69, 9.17) is 4.74 Å². The van der Waals surface area contributed by atoms with Crippen molar-refractivity contribution in [3.05, 3.63) is 53.9 Å². The molecule has 5 nitrogen and oxygen atoms in total. The fourth-order valence-corrected chi connectivity index (χ4v) is 1.95. The molecule has 0 bridgehead atoms. The van der Waals surface area contributed by atoms with Crippen molar-refractivity contribution in [1.82, 2.24) is 10.3 Å². The molecule has 1 heterocycles. The van der Waals surface area contributed by atoms with Crippen LogP contribution in [0.25, 0.3) is 0 Å². The van der Waals surface area contributed by atoms with Gasteiger partial charge in [0.1, 0.15) is 11.4 Å². The van der Waals surface area contributed by atoms with Crippen molar-refractivity contribution in [2.45, 2.75) is 26.4 Å². The van der Waals surface area contributed by atoms with Crippen molar-refractivity contribution < 1.29 is 9.53 Å². The summed E-state index contributed by atoms with van der Waals surface area (Å²) in [5.74, 6) is 0.670. The molecule has 1 amide bonds. The molecule has 0 atom stereocenters. The Balaban J connectivity index is 1.99. The van der Waals surface area contributed by atoms with Crippen LogP contribution in [0.15, 0.2) is 42.6 Å². The van der Waals surface area contributed by atoms with Gasteiger partial charge in [0.2, 0.25) is 0 Å². The molecule has 22 heavy (non-hydrogen) atoms. The van der Waals surface area contributed by atoms with Crippen molar-refractivity contribution in [1.29, 1.82) is 0 Å². The summed E-state index contributed by atoms with van der Waals surface area (Å²) >= 11 is 0. The molecule has 1 aromatic carbocycles. The number of rotatable bonds is 6. The first kappa shape index (κ1) is 15.8. The molecule has 0 aliphatic carbocycles. The van der Waals surface area contributed by atoms with Gasteiger partial charge in [0.05, 0.1) is 7.11 Å². The van der Waals surface area contributed by atoms with Crippen LogP contribution in [0.1, 0.15) is 29.9 Å². The lowest BCUT2D eigenvalue weighted by atomic mass is 10.2. The van der Waals surface area contributed by atoms with E-state index in [1.54, 1.807) is 19.4 Å². The highest BCUT2D eigenvalue weighted by molar-refractivity contribution is 5.93. The number of methoxy groups -OCH3 is 1. The standard InChI is InChI=1S/C17H21N3O2/c1-12(2)20-17(21)16-10-14(8-9-18-16)19-11-13-4-6-15(22-3)7-5-13/h4-10,12H,11H2,1-3H3,(H,18,19)(H,20,21). The molecule has 2 N–H and O–H groups in total. The van der Waals surface area contributed by atoms with Gasteiger partial charge in [-0.15, -0.1) is 0 Å². The minimum atomic E-state index is -0.164. The second-order valence-electron chi connectivity index (χ2n) is 5.26. The Kier molecular flexibility index (Phi) is 5.36. The summed E-state index contributed by atoms with van der Waals surface area (Å²) in [6, 6.07) is 11.5. The number of hydrogen-bond acceptors (Lipinski definition) is 4. The molecular formula is C17H21N3O2. The molecule has 116 valence electrons. The van der Waals surface area contributed by atoms with Gasteiger partial charge in [0, 0.05) is 24.5 Å². The lowest BCUT2D eigenvalue weighted by molar-refractivity contribution is 0.0938. The van der Waals surface area contributed by atoms with E-state index in [2.05, 4.69) is 15.6 Å². The summed E-state index contributed by atoms with van der Waals surface area (Å²) in [4.78, 5) is 16.0. The van der Waals surface area contributed by atoms with E-state index in [0.717, 1.165) is 17.0 Å². The molecule has 1 aromatic heterocycles. The van der Waals surface area contributed by atoms with E-state index >= 15 is 0 Å². The molecule has 0 aliphatic rings. The van der Waals surface area contributed by atoms with Crippen molar-refractivity contribution in [2.24, 2.45) is 0 Å². The van der Waals surface area contributed by atoms with Crippen LogP contribution in [0.2, 0.25) is 0 Å². The van der Waals surface area contributed by atoms with Crippen molar-refractivity contribution in [3.8, 4) is 5.75 Å². The highest BCUT2D eigenvalue weighted by Gasteiger charge is 2.08. The monoisotopic (exact) mass is 299 g/mol. The Morgan fingerprint density at radius 2 is 1.95 bits per heavy atom. The van der Waals surface area contributed by atoms with Gasteiger partial charge in [-0.1, -0.05) is 12.1 Å². The van der Waals surface area contributed by atoms with E-state index in [0.29, 0.717) is 12.2 Å². The third-order valence-electron chi connectivity index (χ3n) is 3.07. The quantitative estimate of drug-likeness (QED) is 0.861. The molecule has 0 spiro atoms. The van der Waals surface area contributed by atoms with E-state index < -0.39 is 0 Å². The number of benzene rings is 1. The van der Waals surface area contributed by atoms with E-state index in [1.807, 2.05) is 44.2 Å². The molecule has 5 heteroatoms. The zero-order valence-corrected chi connectivity index (χ0v) is 13.1. The number of carbonyl (C=O) groups is 1. The average molecular weight is 299 g/mol. The topological polar surface area (TPSA) is 63.2 Å². The molecule has 0 aliphatic heterocycles. The summed E-state index contributed by atoms with van der Waals surface area (Å²) in [6.07, 6.45) is 1.63. The van der Waals surface area contributed by atoms with Gasteiger partial charge >= 0.3 is 0 Å². The number of ether oxygens (including phenoxy) is 1. The van der Waals surface area contributed by atoms with Crippen LogP contribution >= 0.6 is 0 Å². The maximum atomic E-state index is 11.9. The molecule has 0 saturated heterocycles. The number of aromatic nitrogens is 1. The van der Waals surface area contributed by atoms with Crippen LogP contribution in [0.5, 0.6) is 5.75 Å². The van der Waals surface area contributed by atoms with Gasteiger partial charge in [-0.3, -0.25) is 9.78 Å². The highest BCUT2D eigenvalue weighted by atomic mass is 16.5. The second kappa shape index (κ2) is 7.45. The summed E-state index contributed by atoms with van der Waals surface area (Å²) < 4.78 is 5.13.